The summed E-state index contributed by atoms with van der Waals surface area (Å²) in [6, 6.07) is 5.31. The maximum atomic E-state index is 11.0. The van der Waals surface area contributed by atoms with Crippen LogP contribution >= 0.6 is 0 Å². The summed E-state index contributed by atoms with van der Waals surface area (Å²) in [5, 5.41) is 16.1. The van der Waals surface area contributed by atoms with E-state index in [-0.39, 0.29) is 12.2 Å². The molecular formula is C10H7N3O2. The molecule has 0 N–H and O–H groups in total. The van der Waals surface area contributed by atoms with Gasteiger partial charge in [0.2, 0.25) is 0 Å². The highest BCUT2D eigenvalue weighted by Gasteiger charge is 2.12. The number of fused-ring (bicyclic) bond motifs is 1. The van der Waals surface area contributed by atoms with Gasteiger partial charge in [0.15, 0.2) is 5.52 Å². The van der Waals surface area contributed by atoms with Gasteiger partial charge in [0.25, 0.3) is 0 Å². The molecule has 1 aromatic carbocycles. The van der Waals surface area contributed by atoms with Crippen molar-refractivity contribution in [3.63, 3.8) is 0 Å². The van der Waals surface area contributed by atoms with E-state index in [2.05, 4.69) is 14.9 Å². The third-order valence-electron chi connectivity index (χ3n) is 2.06. The lowest BCUT2D eigenvalue weighted by Gasteiger charge is -1.97. The van der Waals surface area contributed by atoms with Crippen molar-refractivity contribution in [1.29, 1.82) is 5.26 Å². The van der Waals surface area contributed by atoms with Gasteiger partial charge in [0.05, 0.1) is 5.56 Å². The van der Waals surface area contributed by atoms with Gasteiger partial charge < -0.3 is 0 Å². The van der Waals surface area contributed by atoms with Gasteiger partial charge >= 0.3 is 0 Å². The van der Waals surface area contributed by atoms with Crippen LogP contribution in [0.1, 0.15) is 18.1 Å². The Morgan fingerprint density at radius 3 is 2.87 bits per heavy atom. The molecule has 0 fully saturated rings. The fourth-order valence-electron chi connectivity index (χ4n) is 1.42. The Balaban J connectivity index is 2.64. The molecule has 0 aliphatic rings. The molecule has 0 saturated carbocycles. The number of hydrogen-bond donors (Lipinski definition) is 0. The van der Waals surface area contributed by atoms with Crippen molar-refractivity contribution in [3.05, 3.63) is 23.3 Å². The average Bonchev–Trinajstić information content (AvgIpc) is 2.66. The Labute approximate surface area is 85.3 Å². The first kappa shape index (κ1) is 9.34. The van der Waals surface area contributed by atoms with Crippen molar-refractivity contribution < 1.29 is 9.42 Å². The Hall–Kier alpha value is -2.22. The quantitative estimate of drug-likeness (QED) is 0.729. The molecule has 0 aliphatic carbocycles. The Kier molecular flexibility index (Phi) is 2.18. The van der Waals surface area contributed by atoms with Crippen molar-refractivity contribution in [2.45, 2.75) is 13.3 Å². The molecule has 0 atom stereocenters. The van der Waals surface area contributed by atoms with Crippen LogP contribution < -0.4 is 0 Å². The van der Waals surface area contributed by atoms with Crippen LogP contribution in [0.15, 0.2) is 16.8 Å². The van der Waals surface area contributed by atoms with E-state index in [0.29, 0.717) is 16.6 Å². The molecule has 1 heterocycles. The molecule has 0 spiro atoms. The minimum Gasteiger partial charge on any atom is -0.300 e. The summed E-state index contributed by atoms with van der Waals surface area (Å²) < 4.78 is 4.57. The summed E-state index contributed by atoms with van der Waals surface area (Å²) in [7, 11) is 0. The van der Waals surface area contributed by atoms with Gasteiger partial charge in [-0.05, 0) is 28.9 Å². The van der Waals surface area contributed by atoms with Crippen LogP contribution in [-0.4, -0.2) is 16.1 Å². The second-order valence-corrected chi connectivity index (χ2v) is 3.22. The highest BCUT2D eigenvalue weighted by molar-refractivity contribution is 5.88. The van der Waals surface area contributed by atoms with E-state index in [4.69, 9.17) is 5.26 Å². The van der Waals surface area contributed by atoms with Crippen LogP contribution in [-0.2, 0) is 11.2 Å². The maximum absolute atomic E-state index is 11.0. The van der Waals surface area contributed by atoms with E-state index in [1.807, 2.05) is 6.07 Å². The molecular weight excluding hydrogens is 194 g/mol. The number of rotatable bonds is 2. The van der Waals surface area contributed by atoms with Crippen molar-refractivity contribution >= 4 is 16.8 Å². The summed E-state index contributed by atoms with van der Waals surface area (Å²) in [6.45, 7) is 1.50. The molecule has 2 aromatic rings. The zero-order chi connectivity index (χ0) is 10.8. The molecule has 5 heteroatoms. The second-order valence-electron chi connectivity index (χ2n) is 3.22. The molecule has 0 bridgehead atoms. The topological polar surface area (TPSA) is 79.8 Å². The van der Waals surface area contributed by atoms with E-state index >= 15 is 0 Å². The summed E-state index contributed by atoms with van der Waals surface area (Å²) >= 11 is 0. The SMILES string of the molecule is CC(=O)Cc1ccc(C#N)c2nonc12. The van der Waals surface area contributed by atoms with Crippen LogP contribution in [0.4, 0.5) is 0 Å². The number of nitriles is 1. The first-order chi connectivity index (χ1) is 7.22. The standard InChI is InChI=1S/C10H7N3O2/c1-6(14)4-7-2-3-8(5-11)10-9(7)12-15-13-10/h2-3H,4H2,1H3. The molecule has 0 amide bonds. The van der Waals surface area contributed by atoms with Crippen LogP contribution in [0.2, 0.25) is 0 Å². The zero-order valence-corrected chi connectivity index (χ0v) is 8.02. The summed E-state index contributed by atoms with van der Waals surface area (Å²) in [5.74, 6) is 0.0315. The number of nitrogens with zero attached hydrogens (tertiary/aromatic N) is 3. The molecule has 2 rings (SSSR count). The van der Waals surface area contributed by atoms with Crippen LogP contribution in [0.25, 0.3) is 11.0 Å². The van der Waals surface area contributed by atoms with Gasteiger partial charge in [0.1, 0.15) is 17.4 Å². The minimum atomic E-state index is 0.0315. The van der Waals surface area contributed by atoms with Crippen molar-refractivity contribution in [3.8, 4) is 6.07 Å². The van der Waals surface area contributed by atoms with Crippen LogP contribution in [0, 0.1) is 11.3 Å². The van der Waals surface area contributed by atoms with Crippen LogP contribution in [0.3, 0.4) is 0 Å². The second kappa shape index (κ2) is 3.50. The van der Waals surface area contributed by atoms with Crippen molar-refractivity contribution in [2.75, 3.05) is 0 Å². The van der Waals surface area contributed by atoms with Gasteiger partial charge in [-0.15, -0.1) is 0 Å². The number of carbonyl (C=O) groups excluding carboxylic acids is 1. The van der Waals surface area contributed by atoms with E-state index in [1.165, 1.54) is 6.92 Å². The van der Waals surface area contributed by atoms with E-state index in [0.717, 1.165) is 5.56 Å². The van der Waals surface area contributed by atoms with Crippen LogP contribution in [0.5, 0.6) is 0 Å². The largest absolute Gasteiger partial charge is 0.300 e. The highest BCUT2D eigenvalue weighted by atomic mass is 16.6. The summed E-state index contributed by atoms with van der Waals surface area (Å²) in [4.78, 5) is 11.0. The van der Waals surface area contributed by atoms with Gasteiger partial charge in [-0.3, -0.25) is 4.79 Å². The predicted octanol–water partition coefficient (Wildman–Crippen LogP) is 1.23. The Morgan fingerprint density at radius 2 is 2.20 bits per heavy atom. The molecule has 74 valence electrons. The first-order valence-corrected chi connectivity index (χ1v) is 4.36. The number of hydrogen-bond acceptors (Lipinski definition) is 5. The third kappa shape index (κ3) is 1.57. The van der Waals surface area contributed by atoms with Crippen molar-refractivity contribution in [1.82, 2.24) is 10.3 Å². The number of carbonyl (C=O) groups is 1. The van der Waals surface area contributed by atoms with Gasteiger partial charge in [-0.1, -0.05) is 6.07 Å². The first-order valence-electron chi connectivity index (χ1n) is 4.36. The molecule has 0 radical (unpaired) electrons. The van der Waals surface area contributed by atoms with E-state index in [9.17, 15) is 4.79 Å². The molecule has 0 unspecified atom stereocenters. The number of Topliss-reactive ketones (excluding diaryl/α,β-unsaturated/α-hetero) is 1. The molecule has 1 aromatic heterocycles. The summed E-state index contributed by atoms with van der Waals surface area (Å²) in [6.07, 6.45) is 0.274. The maximum Gasteiger partial charge on any atom is 0.153 e. The number of aromatic nitrogens is 2. The number of ketones is 1. The van der Waals surface area contributed by atoms with Crippen molar-refractivity contribution in [2.24, 2.45) is 0 Å². The molecule has 15 heavy (non-hydrogen) atoms. The van der Waals surface area contributed by atoms with E-state index in [1.54, 1.807) is 12.1 Å². The zero-order valence-electron chi connectivity index (χ0n) is 8.02. The van der Waals surface area contributed by atoms with E-state index < -0.39 is 0 Å². The lowest BCUT2D eigenvalue weighted by atomic mass is 10.1. The lowest BCUT2D eigenvalue weighted by Crippen LogP contribution is -1.97. The van der Waals surface area contributed by atoms with Gasteiger partial charge in [-0.2, -0.15) is 5.26 Å². The average molecular weight is 201 g/mol. The summed E-state index contributed by atoms with van der Waals surface area (Å²) in [5.41, 5.74) is 2.04. The molecule has 0 aliphatic heterocycles. The fraction of sp³-hybridized carbons (Fsp3) is 0.200. The Morgan fingerprint density at radius 1 is 1.47 bits per heavy atom. The fourth-order valence-corrected chi connectivity index (χ4v) is 1.42. The normalized spacial score (nSPS) is 10.1. The molecule has 5 nitrogen and oxygen atoms in total. The molecule has 0 saturated heterocycles. The van der Waals surface area contributed by atoms with Gasteiger partial charge in [-0.25, -0.2) is 4.63 Å². The predicted molar refractivity (Wildman–Crippen MR) is 50.9 cm³/mol. The third-order valence-corrected chi connectivity index (χ3v) is 2.06. The number of benzene rings is 1. The van der Waals surface area contributed by atoms with Gasteiger partial charge in [0, 0.05) is 6.42 Å². The smallest absolute Gasteiger partial charge is 0.153 e. The highest BCUT2D eigenvalue weighted by Crippen LogP contribution is 2.19. The minimum absolute atomic E-state index is 0.0315. The monoisotopic (exact) mass is 201 g/mol. The lowest BCUT2D eigenvalue weighted by molar-refractivity contribution is -0.116. The Bertz CT molecular complexity index is 566.